The van der Waals surface area contributed by atoms with E-state index in [1.165, 1.54) is 6.07 Å². The smallest absolute Gasteiger partial charge is 0.148 e. The van der Waals surface area contributed by atoms with Gasteiger partial charge in [-0.2, -0.15) is 0 Å². The summed E-state index contributed by atoms with van der Waals surface area (Å²) in [6.07, 6.45) is 0. The summed E-state index contributed by atoms with van der Waals surface area (Å²) in [4.78, 5) is 3.77. The fourth-order valence-corrected chi connectivity index (χ4v) is 10.1. The Morgan fingerprint density at radius 1 is 0.261 bits per heavy atom. The van der Waals surface area contributed by atoms with E-state index in [1.807, 2.05) is 175 Å². The van der Waals surface area contributed by atoms with Crippen LogP contribution in [0.4, 0.5) is 47.3 Å². The Hall–Kier alpha value is -8.93. The molecular weight excluding hydrogens is 854 g/mol. The minimum absolute atomic E-state index is 0.204. The van der Waals surface area contributed by atoms with Gasteiger partial charge in [-0.05, 0) is 116 Å². The van der Waals surface area contributed by atoms with Crippen LogP contribution in [0.2, 0.25) is 0 Å². The standard InChI is InChI=1S/C64H41F3N2/c65-55-28-16-17-29-60(55)69(64-54(45-24-12-4-13-25-45)39-49(41-57(64)67)43-20-8-2-9-21-43)59-37-33-47-30-34-51-58(36-32-46-31-35-52(59)62(47)61(46)51)68(50-26-14-5-15-27-50)63-53(44-22-10-3-11-23-44)38-48(40-56(63)66)42-18-6-1-7-19-42/h1-41H. The van der Waals surface area contributed by atoms with Crippen LogP contribution < -0.4 is 9.80 Å². The van der Waals surface area contributed by atoms with Crippen LogP contribution in [0.3, 0.4) is 0 Å². The zero-order valence-electron chi connectivity index (χ0n) is 37.2. The monoisotopic (exact) mass is 894 g/mol. The predicted octanol–water partition coefficient (Wildman–Crippen LogP) is 18.6. The van der Waals surface area contributed by atoms with Crippen molar-refractivity contribution < 1.29 is 13.2 Å². The summed E-state index contributed by atoms with van der Waals surface area (Å²) in [5.41, 5.74) is 9.26. The molecule has 0 radical (unpaired) electrons. The van der Waals surface area contributed by atoms with E-state index in [4.69, 9.17) is 0 Å². The molecule has 0 fully saturated rings. The first-order valence-corrected chi connectivity index (χ1v) is 23.0. The minimum atomic E-state index is -0.500. The second-order valence-corrected chi connectivity index (χ2v) is 17.2. The third-order valence-corrected chi connectivity index (χ3v) is 13.2. The van der Waals surface area contributed by atoms with Crippen LogP contribution in [0.15, 0.2) is 249 Å². The third kappa shape index (κ3) is 7.32. The quantitative estimate of drug-likeness (QED) is 0.126. The minimum Gasteiger partial charge on any atom is -0.307 e. The summed E-state index contributed by atoms with van der Waals surface area (Å²) < 4.78 is 51.8. The number of hydrogen-bond acceptors (Lipinski definition) is 2. The van der Waals surface area contributed by atoms with Gasteiger partial charge in [0.2, 0.25) is 0 Å². The highest BCUT2D eigenvalue weighted by Crippen LogP contribution is 2.52. The van der Waals surface area contributed by atoms with Gasteiger partial charge in [-0.3, -0.25) is 0 Å². The highest BCUT2D eigenvalue weighted by atomic mass is 19.1. The van der Waals surface area contributed by atoms with E-state index in [2.05, 4.69) is 42.5 Å². The summed E-state index contributed by atoms with van der Waals surface area (Å²) in [5, 5.41) is 5.48. The summed E-state index contributed by atoms with van der Waals surface area (Å²) in [7, 11) is 0. The summed E-state index contributed by atoms with van der Waals surface area (Å²) in [6.45, 7) is 0. The molecule has 0 saturated carbocycles. The van der Waals surface area contributed by atoms with Crippen LogP contribution in [0.25, 0.3) is 76.8 Å². The highest BCUT2D eigenvalue weighted by Gasteiger charge is 2.29. The van der Waals surface area contributed by atoms with Crippen LogP contribution in [0.5, 0.6) is 0 Å². The Balaban J connectivity index is 1.13. The second kappa shape index (κ2) is 17.4. The van der Waals surface area contributed by atoms with Crippen molar-refractivity contribution in [2.45, 2.75) is 0 Å². The fourth-order valence-electron chi connectivity index (χ4n) is 10.1. The number of para-hydroxylation sites is 2. The van der Waals surface area contributed by atoms with Crippen LogP contribution >= 0.6 is 0 Å². The lowest BCUT2D eigenvalue weighted by atomic mass is 9.90. The van der Waals surface area contributed by atoms with E-state index in [0.29, 0.717) is 22.5 Å². The Morgan fingerprint density at radius 2 is 0.638 bits per heavy atom. The van der Waals surface area contributed by atoms with Crippen molar-refractivity contribution in [1.82, 2.24) is 0 Å². The molecule has 0 unspecified atom stereocenters. The van der Waals surface area contributed by atoms with Crippen LogP contribution in [0, 0.1) is 17.5 Å². The van der Waals surface area contributed by atoms with E-state index in [1.54, 1.807) is 35.2 Å². The number of hydrogen-bond donors (Lipinski definition) is 0. The SMILES string of the molecule is Fc1ccccc1N(c1c(F)cc(-c2ccccc2)cc1-c1ccccc1)c1ccc2ccc3c(N(c4ccccc4)c4c(F)cc(-c5ccccc5)cc4-c4ccccc4)ccc4ccc1c2c43. The van der Waals surface area contributed by atoms with Gasteiger partial charge in [0.1, 0.15) is 17.5 Å². The van der Waals surface area contributed by atoms with Gasteiger partial charge in [-0.25, -0.2) is 13.2 Å². The van der Waals surface area contributed by atoms with Gasteiger partial charge in [0.15, 0.2) is 0 Å². The molecule has 0 saturated heterocycles. The van der Waals surface area contributed by atoms with E-state index in [-0.39, 0.29) is 17.2 Å². The Morgan fingerprint density at radius 3 is 1.10 bits per heavy atom. The third-order valence-electron chi connectivity index (χ3n) is 13.2. The molecule has 0 aliphatic rings. The van der Waals surface area contributed by atoms with Crippen molar-refractivity contribution in [2.75, 3.05) is 9.80 Å². The molecule has 0 heterocycles. The molecule has 12 rings (SSSR count). The molecule has 0 atom stereocenters. The van der Waals surface area contributed by atoms with Gasteiger partial charge in [0, 0.05) is 27.6 Å². The Bertz CT molecular complexity index is 3810. The lowest BCUT2D eigenvalue weighted by Crippen LogP contribution is -2.15. The van der Waals surface area contributed by atoms with Crippen molar-refractivity contribution in [2.24, 2.45) is 0 Å². The van der Waals surface area contributed by atoms with Gasteiger partial charge in [-0.15, -0.1) is 0 Å². The number of rotatable bonds is 10. The van der Waals surface area contributed by atoms with Crippen molar-refractivity contribution in [3.8, 4) is 44.5 Å². The number of nitrogens with zero attached hydrogens (tertiary/aromatic N) is 2. The maximum atomic E-state index is 17.6. The average Bonchev–Trinajstić information content (AvgIpc) is 3.41. The zero-order chi connectivity index (χ0) is 46.4. The van der Waals surface area contributed by atoms with Crippen molar-refractivity contribution in [1.29, 1.82) is 0 Å². The van der Waals surface area contributed by atoms with Gasteiger partial charge < -0.3 is 9.80 Å². The molecule has 0 aliphatic carbocycles. The van der Waals surface area contributed by atoms with Crippen molar-refractivity contribution >= 4 is 66.4 Å². The Labute approximate surface area is 398 Å². The van der Waals surface area contributed by atoms with Crippen LogP contribution in [-0.4, -0.2) is 0 Å². The molecule has 328 valence electrons. The van der Waals surface area contributed by atoms with E-state index in [0.717, 1.165) is 77.1 Å². The van der Waals surface area contributed by atoms with Crippen LogP contribution in [-0.2, 0) is 0 Å². The van der Waals surface area contributed by atoms with Gasteiger partial charge in [0.25, 0.3) is 0 Å². The van der Waals surface area contributed by atoms with Crippen molar-refractivity contribution in [3.05, 3.63) is 266 Å². The second-order valence-electron chi connectivity index (χ2n) is 17.2. The van der Waals surface area contributed by atoms with E-state index < -0.39 is 11.6 Å². The number of anilines is 6. The van der Waals surface area contributed by atoms with Crippen molar-refractivity contribution in [3.63, 3.8) is 0 Å². The molecule has 0 amide bonds. The first-order chi connectivity index (χ1) is 34.0. The Kier molecular flexibility index (Phi) is 10.4. The highest BCUT2D eigenvalue weighted by molar-refractivity contribution is 6.28. The molecule has 69 heavy (non-hydrogen) atoms. The number of halogens is 3. The topological polar surface area (TPSA) is 6.48 Å². The summed E-state index contributed by atoms with van der Waals surface area (Å²) in [5.74, 6) is -1.37. The van der Waals surface area contributed by atoms with Gasteiger partial charge >= 0.3 is 0 Å². The molecule has 5 heteroatoms. The predicted molar refractivity (Wildman–Crippen MR) is 281 cm³/mol. The molecule has 12 aromatic rings. The maximum absolute atomic E-state index is 17.6. The molecule has 0 aromatic heterocycles. The molecule has 0 spiro atoms. The first-order valence-electron chi connectivity index (χ1n) is 23.0. The van der Waals surface area contributed by atoms with Gasteiger partial charge in [0.05, 0.1) is 28.4 Å². The van der Waals surface area contributed by atoms with Crippen LogP contribution in [0.1, 0.15) is 0 Å². The van der Waals surface area contributed by atoms with Gasteiger partial charge in [-0.1, -0.05) is 188 Å². The average molecular weight is 895 g/mol. The van der Waals surface area contributed by atoms with E-state index >= 15 is 13.2 Å². The fraction of sp³-hybridized carbons (Fsp3) is 0. The summed E-state index contributed by atoms with van der Waals surface area (Å²) >= 11 is 0. The first kappa shape index (κ1) is 41.5. The zero-order valence-corrected chi connectivity index (χ0v) is 37.2. The molecule has 12 aromatic carbocycles. The summed E-state index contributed by atoms with van der Waals surface area (Å²) in [6, 6.07) is 79.4. The maximum Gasteiger partial charge on any atom is 0.148 e. The largest absolute Gasteiger partial charge is 0.307 e. The molecule has 0 N–H and O–H groups in total. The lowest BCUT2D eigenvalue weighted by molar-refractivity contribution is 0.620. The molecule has 2 nitrogen and oxygen atoms in total. The molecular formula is C64H41F3N2. The number of benzene rings is 12. The van der Waals surface area contributed by atoms with E-state index in [9.17, 15) is 0 Å². The molecule has 0 bridgehead atoms. The molecule has 0 aliphatic heterocycles. The normalized spacial score (nSPS) is 11.4. The lowest BCUT2D eigenvalue weighted by Gasteiger charge is -2.31.